The van der Waals surface area contributed by atoms with Crippen molar-refractivity contribution in [1.82, 2.24) is 5.32 Å². The number of carboxylic acid groups (broad SMARTS) is 1. The number of hydrogen-bond donors (Lipinski definition) is 2. The Balaban J connectivity index is 1.92. The fourth-order valence-corrected chi connectivity index (χ4v) is 2.99. The molecule has 0 radical (unpaired) electrons. The van der Waals surface area contributed by atoms with Crippen molar-refractivity contribution in [1.29, 1.82) is 0 Å². The number of amides is 1. The number of carbonyl (C=O) groups is 2. The minimum atomic E-state index is -3.58. The van der Waals surface area contributed by atoms with Crippen molar-refractivity contribution in [2.75, 3.05) is 12.9 Å². The van der Waals surface area contributed by atoms with Gasteiger partial charge < -0.3 is 19.3 Å². The lowest BCUT2D eigenvalue weighted by molar-refractivity contribution is -0.149. The summed E-state index contributed by atoms with van der Waals surface area (Å²) in [5.74, 6) is -1.15. The summed E-state index contributed by atoms with van der Waals surface area (Å²) in [5.41, 5.74) is 1.91. The average molecular weight is 433 g/mol. The highest BCUT2D eigenvalue weighted by Crippen LogP contribution is 2.15. The van der Waals surface area contributed by atoms with Gasteiger partial charge in [0, 0.05) is 24.8 Å². The highest BCUT2D eigenvalue weighted by Gasteiger charge is 2.18. The van der Waals surface area contributed by atoms with Crippen molar-refractivity contribution in [2.45, 2.75) is 19.4 Å². The molecule has 0 heterocycles. The third kappa shape index (κ3) is 7.69. The third-order valence-electron chi connectivity index (χ3n) is 3.90. The number of ether oxygens (including phenoxy) is 1. The monoisotopic (exact) mass is 433 g/mol. The van der Waals surface area contributed by atoms with Crippen LogP contribution in [0.4, 0.5) is 0 Å². The van der Waals surface area contributed by atoms with E-state index in [1.807, 2.05) is 0 Å². The quantitative estimate of drug-likeness (QED) is 0.553. The van der Waals surface area contributed by atoms with Crippen LogP contribution in [0, 0.1) is 0 Å². The first-order valence-corrected chi connectivity index (χ1v) is 10.9. The zero-order valence-electron chi connectivity index (χ0n) is 16.6. The molecule has 0 saturated carbocycles. The number of nitrogens with one attached hydrogen (secondary N) is 1. The van der Waals surface area contributed by atoms with E-state index in [-0.39, 0.29) is 18.1 Å². The van der Waals surface area contributed by atoms with Crippen LogP contribution in [-0.4, -0.2) is 44.4 Å². The fraction of sp³-hybridized carbons (Fsp3) is 0.238. The molecule has 0 aliphatic heterocycles. The Morgan fingerprint density at radius 3 is 2.27 bits per heavy atom. The Morgan fingerprint density at radius 2 is 1.73 bits per heavy atom. The fourth-order valence-electron chi connectivity index (χ4n) is 2.53. The van der Waals surface area contributed by atoms with E-state index >= 15 is 0 Å². The molecule has 9 heteroatoms. The van der Waals surface area contributed by atoms with Gasteiger partial charge in [-0.3, -0.25) is 4.79 Å². The van der Waals surface area contributed by atoms with Crippen LogP contribution >= 0.6 is 0 Å². The smallest absolute Gasteiger partial charge is 0.333 e. The first-order valence-electron chi connectivity index (χ1n) is 9.08. The zero-order valence-corrected chi connectivity index (χ0v) is 17.4. The van der Waals surface area contributed by atoms with Gasteiger partial charge in [-0.25, -0.2) is 4.79 Å². The molecule has 30 heavy (non-hydrogen) atoms. The molecule has 0 aliphatic carbocycles. The molecule has 1 amide bonds. The van der Waals surface area contributed by atoms with E-state index in [1.165, 1.54) is 18.3 Å². The first-order chi connectivity index (χ1) is 14.2. The van der Waals surface area contributed by atoms with Crippen molar-refractivity contribution in [3.8, 4) is 5.75 Å². The molecule has 160 valence electrons. The second-order valence-corrected chi connectivity index (χ2v) is 7.92. The van der Waals surface area contributed by atoms with Crippen molar-refractivity contribution < 1.29 is 32.0 Å². The van der Waals surface area contributed by atoms with Crippen molar-refractivity contribution in [3.05, 3.63) is 71.4 Å². The minimum Gasteiger partial charge on any atom is -0.479 e. The van der Waals surface area contributed by atoms with Crippen LogP contribution in [0.5, 0.6) is 5.75 Å². The van der Waals surface area contributed by atoms with Gasteiger partial charge >= 0.3 is 16.1 Å². The number of rotatable bonds is 10. The van der Waals surface area contributed by atoms with Gasteiger partial charge in [-0.1, -0.05) is 24.3 Å². The van der Waals surface area contributed by atoms with Crippen LogP contribution in [-0.2, 0) is 26.1 Å². The van der Waals surface area contributed by atoms with Crippen LogP contribution in [0.2, 0.25) is 0 Å². The number of benzene rings is 2. The molecule has 0 aliphatic rings. The molecule has 2 aromatic rings. The summed E-state index contributed by atoms with van der Waals surface area (Å²) in [7, 11) is -3.58. The molecule has 2 aromatic carbocycles. The molecule has 0 aromatic heterocycles. The molecule has 1 unspecified atom stereocenters. The highest BCUT2D eigenvalue weighted by atomic mass is 32.2. The lowest BCUT2D eigenvalue weighted by Crippen LogP contribution is -2.26. The number of hydrogen-bond acceptors (Lipinski definition) is 6. The van der Waals surface area contributed by atoms with E-state index in [2.05, 4.69) is 5.32 Å². The van der Waals surface area contributed by atoms with Gasteiger partial charge in [-0.2, -0.15) is 8.42 Å². The maximum atomic E-state index is 12.2. The molecular weight excluding hydrogens is 410 g/mol. The SMILES string of the molecule is CCOC(Cc1ccc(C(=O)N/C=C/c2ccc(OS(C)(=O)=O)cc2)cc1)C(=O)O. The summed E-state index contributed by atoms with van der Waals surface area (Å²) < 4.78 is 32.1. The van der Waals surface area contributed by atoms with Crippen molar-refractivity contribution >= 4 is 28.1 Å². The van der Waals surface area contributed by atoms with E-state index < -0.39 is 22.2 Å². The van der Waals surface area contributed by atoms with Gasteiger partial charge in [0.25, 0.3) is 5.91 Å². The second-order valence-electron chi connectivity index (χ2n) is 6.35. The third-order valence-corrected chi connectivity index (χ3v) is 4.39. The van der Waals surface area contributed by atoms with Gasteiger partial charge in [0.15, 0.2) is 6.10 Å². The van der Waals surface area contributed by atoms with Crippen LogP contribution in [0.25, 0.3) is 6.08 Å². The van der Waals surface area contributed by atoms with Gasteiger partial charge in [-0.15, -0.1) is 0 Å². The standard InChI is InChI=1S/C21H23NO7S/c1-3-28-19(21(24)25)14-16-4-8-17(9-5-16)20(23)22-13-12-15-6-10-18(11-7-15)29-30(2,26)27/h4-13,19H,3,14H2,1-2H3,(H,22,23)(H,24,25)/b13-12+. The van der Waals surface area contributed by atoms with E-state index in [0.717, 1.165) is 17.4 Å². The lowest BCUT2D eigenvalue weighted by atomic mass is 10.1. The molecule has 0 fully saturated rings. The molecule has 2 N–H and O–H groups in total. The summed E-state index contributed by atoms with van der Waals surface area (Å²) in [6, 6.07) is 12.9. The molecule has 2 rings (SSSR count). The van der Waals surface area contributed by atoms with E-state index in [9.17, 15) is 18.0 Å². The van der Waals surface area contributed by atoms with Gasteiger partial charge in [0.1, 0.15) is 5.75 Å². The molecule has 8 nitrogen and oxygen atoms in total. The van der Waals surface area contributed by atoms with E-state index in [0.29, 0.717) is 12.2 Å². The van der Waals surface area contributed by atoms with Crippen LogP contribution < -0.4 is 9.50 Å². The second kappa shape index (κ2) is 10.6. The first kappa shape index (κ1) is 23.1. The Bertz CT molecular complexity index is 997. The predicted octanol–water partition coefficient (Wildman–Crippen LogP) is 2.46. The zero-order chi connectivity index (χ0) is 22.1. The summed E-state index contributed by atoms with van der Waals surface area (Å²) in [6.07, 6.45) is 3.37. The Labute approximate surface area is 175 Å². The average Bonchev–Trinajstić information content (AvgIpc) is 2.68. The minimum absolute atomic E-state index is 0.202. The van der Waals surface area contributed by atoms with Crippen LogP contribution in [0.3, 0.4) is 0 Å². The topological polar surface area (TPSA) is 119 Å². The van der Waals surface area contributed by atoms with E-state index in [1.54, 1.807) is 49.4 Å². The van der Waals surface area contributed by atoms with Crippen molar-refractivity contribution in [2.24, 2.45) is 0 Å². The highest BCUT2D eigenvalue weighted by molar-refractivity contribution is 7.86. The Kier molecular flexibility index (Phi) is 8.14. The molecule has 0 spiro atoms. The maximum Gasteiger partial charge on any atom is 0.333 e. The Hall–Kier alpha value is -3.17. The van der Waals surface area contributed by atoms with Crippen LogP contribution in [0.15, 0.2) is 54.7 Å². The van der Waals surface area contributed by atoms with Gasteiger partial charge in [0.05, 0.1) is 6.26 Å². The van der Waals surface area contributed by atoms with Crippen LogP contribution in [0.1, 0.15) is 28.4 Å². The van der Waals surface area contributed by atoms with E-state index in [4.69, 9.17) is 14.0 Å². The van der Waals surface area contributed by atoms with Gasteiger partial charge in [-0.05, 0) is 48.4 Å². The molecule has 1 atom stereocenters. The summed E-state index contributed by atoms with van der Waals surface area (Å²) in [4.78, 5) is 23.4. The summed E-state index contributed by atoms with van der Waals surface area (Å²) in [6.45, 7) is 2.03. The molecular formula is C21H23NO7S. The number of carboxylic acids is 1. The Morgan fingerprint density at radius 1 is 1.10 bits per heavy atom. The number of aliphatic carboxylic acids is 1. The summed E-state index contributed by atoms with van der Waals surface area (Å²) in [5, 5.41) is 11.8. The maximum absolute atomic E-state index is 12.2. The summed E-state index contributed by atoms with van der Waals surface area (Å²) >= 11 is 0. The molecule has 0 bridgehead atoms. The predicted molar refractivity (Wildman–Crippen MR) is 112 cm³/mol. The number of carbonyl (C=O) groups excluding carboxylic acids is 1. The molecule has 0 saturated heterocycles. The van der Waals surface area contributed by atoms with Crippen molar-refractivity contribution in [3.63, 3.8) is 0 Å². The van der Waals surface area contributed by atoms with Gasteiger partial charge in [0.2, 0.25) is 0 Å². The largest absolute Gasteiger partial charge is 0.479 e. The lowest BCUT2D eigenvalue weighted by Gasteiger charge is -2.12. The normalized spacial score (nSPS) is 12.5.